The van der Waals surface area contributed by atoms with Crippen LogP contribution in [0.2, 0.25) is 0 Å². The largest absolute Gasteiger partial charge is 0.478 e. The number of carbonyl (C=O) groups is 1. The van der Waals surface area contributed by atoms with Crippen LogP contribution in [0.25, 0.3) is 11.0 Å². The van der Waals surface area contributed by atoms with E-state index < -0.39 is 17.7 Å². The smallest absolute Gasteiger partial charge is 0.347 e. The maximum atomic E-state index is 11.5. The third-order valence-electron chi connectivity index (χ3n) is 2.53. The van der Waals surface area contributed by atoms with Crippen molar-refractivity contribution in [2.45, 2.75) is 20.0 Å². The molecule has 1 heterocycles. The quantitative estimate of drug-likeness (QED) is 0.623. The lowest BCUT2D eigenvalue weighted by Gasteiger charge is -2.14. The van der Waals surface area contributed by atoms with Crippen LogP contribution in [-0.2, 0) is 9.53 Å². The first-order valence-electron chi connectivity index (χ1n) is 5.98. The Morgan fingerprint density at radius 3 is 2.84 bits per heavy atom. The first-order chi connectivity index (χ1) is 9.11. The van der Waals surface area contributed by atoms with E-state index in [1.165, 1.54) is 6.07 Å². The minimum atomic E-state index is -0.787. The van der Waals surface area contributed by atoms with E-state index in [1.807, 2.05) is 0 Å². The van der Waals surface area contributed by atoms with E-state index in [-0.39, 0.29) is 6.61 Å². The third kappa shape index (κ3) is 2.93. The predicted molar refractivity (Wildman–Crippen MR) is 69.2 cm³/mol. The van der Waals surface area contributed by atoms with Crippen LogP contribution >= 0.6 is 0 Å². The van der Waals surface area contributed by atoms with Gasteiger partial charge in [0.15, 0.2) is 6.10 Å². The number of esters is 1. The van der Waals surface area contributed by atoms with Crippen molar-refractivity contribution in [3.8, 4) is 5.75 Å². The molecule has 0 aliphatic carbocycles. The summed E-state index contributed by atoms with van der Waals surface area (Å²) in [4.78, 5) is 22.9. The number of hydrogen-bond acceptors (Lipinski definition) is 5. The minimum Gasteiger partial charge on any atom is -0.478 e. The van der Waals surface area contributed by atoms with Gasteiger partial charge in [-0.1, -0.05) is 12.1 Å². The highest BCUT2D eigenvalue weighted by Gasteiger charge is 2.17. The van der Waals surface area contributed by atoms with E-state index in [0.717, 1.165) is 0 Å². The fraction of sp³-hybridized carbons (Fsp3) is 0.286. The standard InChI is InChI=1S/C14H14O5/c1-3-17-14(16)9(2)18-12-8-13(15)19-11-7-5-4-6-10(11)12/h4-9H,3H2,1-2H3/t9-/m1/s1. The van der Waals surface area contributed by atoms with Gasteiger partial charge < -0.3 is 13.9 Å². The van der Waals surface area contributed by atoms with E-state index in [1.54, 1.807) is 38.1 Å². The third-order valence-corrected chi connectivity index (χ3v) is 2.53. The molecule has 0 aliphatic rings. The van der Waals surface area contributed by atoms with Gasteiger partial charge in [-0.25, -0.2) is 9.59 Å². The molecular formula is C14H14O5. The molecule has 0 aliphatic heterocycles. The second-order valence-corrected chi connectivity index (χ2v) is 3.94. The van der Waals surface area contributed by atoms with Crippen molar-refractivity contribution in [2.24, 2.45) is 0 Å². The van der Waals surface area contributed by atoms with Crippen molar-refractivity contribution >= 4 is 16.9 Å². The lowest BCUT2D eigenvalue weighted by molar-refractivity contribution is -0.150. The van der Waals surface area contributed by atoms with Crippen LogP contribution in [0.4, 0.5) is 0 Å². The summed E-state index contributed by atoms with van der Waals surface area (Å²) < 4.78 is 15.4. The zero-order chi connectivity index (χ0) is 13.8. The van der Waals surface area contributed by atoms with Crippen molar-refractivity contribution in [3.05, 3.63) is 40.8 Å². The summed E-state index contributed by atoms with van der Waals surface area (Å²) in [6.07, 6.45) is -0.787. The number of hydrogen-bond donors (Lipinski definition) is 0. The number of rotatable bonds is 4. The fourth-order valence-corrected chi connectivity index (χ4v) is 1.68. The molecular weight excluding hydrogens is 248 g/mol. The number of benzene rings is 1. The average molecular weight is 262 g/mol. The van der Waals surface area contributed by atoms with E-state index >= 15 is 0 Å². The van der Waals surface area contributed by atoms with E-state index in [4.69, 9.17) is 13.9 Å². The maximum absolute atomic E-state index is 11.5. The van der Waals surface area contributed by atoms with Crippen molar-refractivity contribution in [1.29, 1.82) is 0 Å². The molecule has 0 bridgehead atoms. The van der Waals surface area contributed by atoms with Gasteiger partial charge in [-0.05, 0) is 26.0 Å². The van der Waals surface area contributed by atoms with Crippen LogP contribution in [0.1, 0.15) is 13.8 Å². The maximum Gasteiger partial charge on any atom is 0.347 e. The highest BCUT2D eigenvalue weighted by atomic mass is 16.6. The summed E-state index contributed by atoms with van der Waals surface area (Å²) in [5.74, 6) is -0.160. The van der Waals surface area contributed by atoms with Crippen molar-refractivity contribution in [1.82, 2.24) is 0 Å². The molecule has 1 aromatic heterocycles. The first kappa shape index (κ1) is 13.1. The molecule has 1 aromatic carbocycles. The van der Waals surface area contributed by atoms with Gasteiger partial charge in [-0.3, -0.25) is 0 Å². The molecule has 5 nitrogen and oxygen atoms in total. The molecule has 2 aromatic rings. The molecule has 0 saturated heterocycles. The Kier molecular flexibility index (Phi) is 3.85. The second kappa shape index (κ2) is 5.56. The molecule has 0 fully saturated rings. The molecule has 100 valence electrons. The second-order valence-electron chi connectivity index (χ2n) is 3.94. The monoisotopic (exact) mass is 262 g/mol. The van der Waals surface area contributed by atoms with Crippen LogP contribution in [-0.4, -0.2) is 18.7 Å². The van der Waals surface area contributed by atoms with Gasteiger partial charge in [0.25, 0.3) is 0 Å². The Morgan fingerprint density at radius 1 is 1.37 bits per heavy atom. The normalized spacial score (nSPS) is 12.1. The molecule has 19 heavy (non-hydrogen) atoms. The predicted octanol–water partition coefficient (Wildman–Crippen LogP) is 2.12. The zero-order valence-electron chi connectivity index (χ0n) is 10.7. The summed E-state index contributed by atoms with van der Waals surface area (Å²) in [6, 6.07) is 8.19. The molecule has 0 amide bonds. The zero-order valence-corrected chi connectivity index (χ0v) is 10.7. The molecule has 2 rings (SSSR count). The van der Waals surface area contributed by atoms with Crippen LogP contribution in [0.3, 0.4) is 0 Å². The van der Waals surface area contributed by atoms with Gasteiger partial charge in [-0.15, -0.1) is 0 Å². The van der Waals surface area contributed by atoms with Crippen molar-refractivity contribution in [2.75, 3.05) is 6.61 Å². The first-order valence-corrected chi connectivity index (χ1v) is 5.98. The number of carbonyl (C=O) groups excluding carboxylic acids is 1. The number of ether oxygens (including phenoxy) is 2. The molecule has 5 heteroatoms. The summed E-state index contributed by atoms with van der Waals surface area (Å²) >= 11 is 0. The Hall–Kier alpha value is -2.30. The number of fused-ring (bicyclic) bond motifs is 1. The Bertz CT molecular complexity index is 644. The number of para-hydroxylation sites is 1. The topological polar surface area (TPSA) is 65.7 Å². The van der Waals surface area contributed by atoms with Crippen molar-refractivity contribution < 1.29 is 18.7 Å². The van der Waals surface area contributed by atoms with Crippen LogP contribution in [0, 0.1) is 0 Å². The fourth-order valence-electron chi connectivity index (χ4n) is 1.68. The molecule has 0 radical (unpaired) electrons. The Morgan fingerprint density at radius 2 is 2.11 bits per heavy atom. The SMILES string of the molecule is CCOC(=O)[C@@H](C)Oc1cc(=O)oc2ccccc12. The molecule has 0 saturated carbocycles. The van der Waals surface area contributed by atoms with Crippen molar-refractivity contribution in [3.63, 3.8) is 0 Å². The van der Waals surface area contributed by atoms with Crippen LogP contribution in [0.15, 0.2) is 39.5 Å². The molecule has 0 unspecified atom stereocenters. The highest BCUT2D eigenvalue weighted by Crippen LogP contribution is 2.24. The Balaban J connectivity index is 2.34. The van der Waals surface area contributed by atoms with Gasteiger partial charge in [-0.2, -0.15) is 0 Å². The molecule has 0 spiro atoms. The van der Waals surface area contributed by atoms with Gasteiger partial charge in [0, 0.05) is 0 Å². The summed E-state index contributed by atoms with van der Waals surface area (Å²) in [7, 11) is 0. The van der Waals surface area contributed by atoms with Gasteiger partial charge in [0.05, 0.1) is 18.1 Å². The summed E-state index contributed by atoms with van der Waals surface area (Å²) in [6.45, 7) is 3.57. The summed E-state index contributed by atoms with van der Waals surface area (Å²) in [5.41, 5.74) is -0.106. The molecule has 1 atom stereocenters. The molecule has 0 N–H and O–H groups in total. The minimum absolute atomic E-state index is 0.282. The van der Waals surface area contributed by atoms with E-state index in [0.29, 0.717) is 16.7 Å². The van der Waals surface area contributed by atoms with E-state index in [9.17, 15) is 9.59 Å². The van der Waals surface area contributed by atoms with Gasteiger partial charge >= 0.3 is 11.6 Å². The summed E-state index contributed by atoms with van der Waals surface area (Å²) in [5, 5.41) is 0.637. The lowest BCUT2D eigenvalue weighted by atomic mass is 10.2. The average Bonchev–Trinajstić information content (AvgIpc) is 2.38. The lowest BCUT2D eigenvalue weighted by Crippen LogP contribution is -2.26. The van der Waals surface area contributed by atoms with Crippen LogP contribution in [0.5, 0.6) is 5.75 Å². The highest BCUT2D eigenvalue weighted by molar-refractivity contribution is 5.83. The van der Waals surface area contributed by atoms with Gasteiger partial charge in [0.1, 0.15) is 11.3 Å². The van der Waals surface area contributed by atoms with Crippen LogP contribution < -0.4 is 10.4 Å². The van der Waals surface area contributed by atoms with E-state index in [2.05, 4.69) is 0 Å². The van der Waals surface area contributed by atoms with Gasteiger partial charge in [0.2, 0.25) is 0 Å². The Labute approximate surface area is 109 Å².